The molecular weight excluding hydrogens is 208 g/mol. The van der Waals surface area contributed by atoms with Crippen molar-refractivity contribution in [2.45, 2.75) is 65.0 Å². The van der Waals surface area contributed by atoms with Crippen LogP contribution in [0.3, 0.4) is 0 Å². The Bertz CT molecular complexity index is 266. The fourth-order valence-electron chi connectivity index (χ4n) is 4.27. The van der Waals surface area contributed by atoms with Gasteiger partial charge in [-0.1, -0.05) is 20.8 Å². The molecule has 2 N–H and O–H groups in total. The van der Waals surface area contributed by atoms with Crippen molar-refractivity contribution in [3.63, 3.8) is 0 Å². The Morgan fingerprint density at radius 2 is 1.88 bits per heavy atom. The van der Waals surface area contributed by atoms with Crippen LogP contribution in [0, 0.1) is 17.8 Å². The fourth-order valence-corrected chi connectivity index (χ4v) is 4.27. The summed E-state index contributed by atoms with van der Waals surface area (Å²) in [6, 6.07) is 0.708. The highest BCUT2D eigenvalue weighted by atomic mass is 15.2. The number of likely N-dealkylation sites (tertiary alicyclic amines) is 1. The van der Waals surface area contributed by atoms with Crippen molar-refractivity contribution in [1.82, 2.24) is 4.90 Å². The zero-order valence-corrected chi connectivity index (χ0v) is 12.1. The third-order valence-electron chi connectivity index (χ3n) is 5.42. The highest BCUT2D eigenvalue weighted by molar-refractivity contribution is 5.02. The first-order valence-corrected chi connectivity index (χ1v) is 7.45. The summed E-state index contributed by atoms with van der Waals surface area (Å²) in [4.78, 5) is 2.77. The maximum atomic E-state index is 6.17. The lowest BCUT2D eigenvalue weighted by Gasteiger charge is -2.51. The summed E-state index contributed by atoms with van der Waals surface area (Å²) in [5, 5.41) is 0. The van der Waals surface area contributed by atoms with Crippen LogP contribution in [0.5, 0.6) is 0 Å². The van der Waals surface area contributed by atoms with Crippen molar-refractivity contribution in [2.75, 3.05) is 13.1 Å². The average molecular weight is 238 g/mol. The summed E-state index contributed by atoms with van der Waals surface area (Å²) < 4.78 is 0. The maximum Gasteiger partial charge on any atom is 0.0337 e. The highest BCUT2D eigenvalue weighted by Gasteiger charge is 2.45. The number of hydrogen-bond acceptors (Lipinski definition) is 2. The minimum atomic E-state index is 0.321. The van der Waals surface area contributed by atoms with Crippen LogP contribution in [0.15, 0.2) is 0 Å². The van der Waals surface area contributed by atoms with Crippen LogP contribution in [-0.2, 0) is 0 Å². The largest absolute Gasteiger partial charge is 0.329 e. The molecule has 2 nitrogen and oxygen atoms in total. The van der Waals surface area contributed by atoms with Gasteiger partial charge in [-0.15, -0.1) is 0 Å². The quantitative estimate of drug-likeness (QED) is 0.801. The van der Waals surface area contributed by atoms with E-state index in [-0.39, 0.29) is 0 Å². The van der Waals surface area contributed by atoms with E-state index >= 15 is 0 Å². The van der Waals surface area contributed by atoms with Gasteiger partial charge in [-0.2, -0.15) is 0 Å². The van der Waals surface area contributed by atoms with Crippen molar-refractivity contribution in [3.05, 3.63) is 0 Å². The molecule has 0 aromatic carbocycles. The van der Waals surface area contributed by atoms with Crippen LogP contribution in [0.2, 0.25) is 0 Å². The second kappa shape index (κ2) is 4.89. The molecule has 5 unspecified atom stereocenters. The molecule has 1 heterocycles. The highest BCUT2D eigenvalue weighted by Crippen LogP contribution is 2.43. The van der Waals surface area contributed by atoms with E-state index in [0.717, 1.165) is 24.3 Å². The van der Waals surface area contributed by atoms with Gasteiger partial charge in [0.1, 0.15) is 0 Å². The molecule has 2 aliphatic rings. The summed E-state index contributed by atoms with van der Waals surface area (Å²) in [5.74, 6) is 2.51. The fraction of sp³-hybridized carbons (Fsp3) is 1.00. The monoisotopic (exact) mass is 238 g/mol. The molecule has 0 aromatic rings. The average Bonchev–Trinajstić information content (AvgIpc) is 2.66. The molecule has 1 saturated carbocycles. The van der Waals surface area contributed by atoms with E-state index in [4.69, 9.17) is 5.73 Å². The molecule has 5 atom stereocenters. The third kappa shape index (κ3) is 2.39. The van der Waals surface area contributed by atoms with Gasteiger partial charge in [0.05, 0.1) is 0 Å². The summed E-state index contributed by atoms with van der Waals surface area (Å²) in [6.07, 6.45) is 5.37. The van der Waals surface area contributed by atoms with Gasteiger partial charge in [-0.05, 0) is 50.4 Å². The Kier molecular flexibility index (Phi) is 3.84. The van der Waals surface area contributed by atoms with Crippen LogP contribution in [0.4, 0.5) is 0 Å². The summed E-state index contributed by atoms with van der Waals surface area (Å²) in [6.45, 7) is 11.7. The molecule has 0 spiro atoms. The number of piperidine rings is 1. The van der Waals surface area contributed by atoms with Crippen molar-refractivity contribution >= 4 is 0 Å². The summed E-state index contributed by atoms with van der Waals surface area (Å²) in [7, 11) is 0. The van der Waals surface area contributed by atoms with E-state index in [0.29, 0.717) is 11.6 Å². The third-order valence-corrected chi connectivity index (χ3v) is 5.42. The number of hydrogen-bond donors (Lipinski definition) is 1. The van der Waals surface area contributed by atoms with E-state index in [2.05, 4.69) is 32.6 Å². The summed E-state index contributed by atoms with van der Waals surface area (Å²) >= 11 is 0. The second-order valence-electron chi connectivity index (χ2n) is 6.99. The Balaban J connectivity index is 2.18. The molecule has 2 heteroatoms. The van der Waals surface area contributed by atoms with Crippen LogP contribution in [0.1, 0.15) is 53.4 Å². The van der Waals surface area contributed by atoms with Crippen molar-refractivity contribution in [2.24, 2.45) is 23.5 Å². The maximum absolute atomic E-state index is 6.17. The van der Waals surface area contributed by atoms with Gasteiger partial charge in [0.25, 0.3) is 0 Å². The summed E-state index contributed by atoms with van der Waals surface area (Å²) in [5.41, 5.74) is 6.49. The van der Waals surface area contributed by atoms with E-state index in [1.807, 2.05) is 0 Å². The standard InChI is InChI=1S/C15H30N2/c1-11-5-6-15(8-11,10-16)17-9-12(2)7-13(3)14(17)4/h11-14H,5-10,16H2,1-4H3. The number of nitrogens with two attached hydrogens (primary N) is 1. The van der Waals surface area contributed by atoms with Gasteiger partial charge in [0, 0.05) is 24.7 Å². The molecule has 100 valence electrons. The van der Waals surface area contributed by atoms with Crippen molar-refractivity contribution in [1.29, 1.82) is 0 Å². The molecule has 0 bridgehead atoms. The van der Waals surface area contributed by atoms with Gasteiger partial charge < -0.3 is 5.73 Å². The van der Waals surface area contributed by atoms with Crippen molar-refractivity contribution in [3.8, 4) is 0 Å². The predicted octanol–water partition coefficient (Wildman–Crippen LogP) is 2.87. The Morgan fingerprint density at radius 1 is 1.18 bits per heavy atom. The zero-order valence-electron chi connectivity index (χ0n) is 12.1. The van der Waals surface area contributed by atoms with Gasteiger partial charge in [-0.3, -0.25) is 4.90 Å². The zero-order chi connectivity index (χ0) is 12.6. The lowest BCUT2D eigenvalue weighted by molar-refractivity contribution is -0.0146. The molecule has 1 aliphatic carbocycles. The normalized spacial score (nSPS) is 48.5. The van der Waals surface area contributed by atoms with E-state index < -0.39 is 0 Å². The lowest BCUT2D eigenvalue weighted by atomic mass is 9.80. The van der Waals surface area contributed by atoms with E-state index in [1.165, 1.54) is 32.2 Å². The molecule has 1 aliphatic heterocycles. The first kappa shape index (κ1) is 13.4. The molecular formula is C15H30N2. The second-order valence-corrected chi connectivity index (χ2v) is 6.99. The number of nitrogens with zero attached hydrogens (tertiary/aromatic N) is 1. The molecule has 0 amide bonds. The topological polar surface area (TPSA) is 29.3 Å². The predicted molar refractivity (Wildman–Crippen MR) is 73.9 cm³/mol. The van der Waals surface area contributed by atoms with Gasteiger partial charge in [-0.25, -0.2) is 0 Å². The lowest BCUT2D eigenvalue weighted by Crippen LogP contribution is -2.60. The first-order valence-electron chi connectivity index (χ1n) is 7.45. The Morgan fingerprint density at radius 3 is 2.41 bits per heavy atom. The van der Waals surface area contributed by atoms with Crippen LogP contribution in [-0.4, -0.2) is 29.6 Å². The Labute approximate surface area is 107 Å². The number of rotatable bonds is 2. The molecule has 1 saturated heterocycles. The molecule has 0 radical (unpaired) electrons. The van der Waals surface area contributed by atoms with Gasteiger partial charge in [0.15, 0.2) is 0 Å². The smallest absolute Gasteiger partial charge is 0.0337 e. The van der Waals surface area contributed by atoms with Crippen LogP contribution >= 0.6 is 0 Å². The SMILES string of the molecule is CC1CC(C)C(C)N(C2(CN)CCC(C)C2)C1. The molecule has 2 rings (SSSR count). The van der Waals surface area contributed by atoms with E-state index in [9.17, 15) is 0 Å². The van der Waals surface area contributed by atoms with Crippen LogP contribution in [0.25, 0.3) is 0 Å². The van der Waals surface area contributed by atoms with Crippen molar-refractivity contribution < 1.29 is 0 Å². The van der Waals surface area contributed by atoms with Crippen LogP contribution < -0.4 is 5.73 Å². The first-order chi connectivity index (χ1) is 7.98. The minimum Gasteiger partial charge on any atom is -0.329 e. The minimum absolute atomic E-state index is 0.321. The molecule has 17 heavy (non-hydrogen) atoms. The molecule has 2 fully saturated rings. The van der Waals surface area contributed by atoms with Gasteiger partial charge in [0.2, 0.25) is 0 Å². The Hall–Kier alpha value is -0.0800. The van der Waals surface area contributed by atoms with E-state index in [1.54, 1.807) is 0 Å². The van der Waals surface area contributed by atoms with Gasteiger partial charge >= 0.3 is 0 Å². The molecule has 0 aromatic heterocycles.